The van der Waals surface area contributed by atoms with E-state index in [4.69, 9.17) is 39.5 Å². The molecule has 0 atom stereocenters. The number of benzene rings is 2. The van der Waals surface area contributed by atoms with Gasteiger partial charge in [0, 0.05) is 17.1 Å². The molecule has 0 saturated heterocycles. The fourth-order valence-electron chi connectivity index (χ4n) is 2.90. The summed E-state index contributed by atoms with van der Waals surface area (Å²) in [5.41, 5.74) is 1.32. The SMILES string of the molecule is CCn1c(SCC(=O)Nc2cc(C(=O)OC(C)C)ccc2Cl)nnc1-c1ccc(Cl)cc1Cl. The number of nitrogens with zero attached hydrogens (tertiary/aromatic N) is 3. The van der Waals surface area contributed by atoms with Crippen LogP contribution in [0.5, 0.6) is 0 Å². The van der Waals surface area contributed by atoms with Crippen molar-refractivity contribution in [2.24, 2.45) is 0 Å². The molecule has 0 aliphatic rings. The molecule has 3 rings (SSSR count). The van der Waals surface area contributed by atoms with E-state index in [1.165, 1.54) is 23.9 Å². The highest BCUT2D eigenvalue weighted by molar-refractivity contribution is 7.99. The summed E-state index contributed by atoms with van der Waals surface area (Å²) in [5.74, 6) is -0.158. The van der Waals surface area contributed by atoms with Crippen LogP contribution >= 0.6 is 46.6 Å². The van der Waals surface area contributed by atoms with E-state index in [0.717, 1.165) is 0 Å². The summed E-state index contributed by atoms with van der Waals surface area (Å²) in [6.07, 6.45) is -0.258. The van der Waals surface area contributed by atoms with Crippen LogP contribution in [0, 0.1) is 0 Å². The second-order valence-electron chi connectivity index (χ2n) is 7.16. The number of esters is 1. The first kappa shape index (κ1) is 25.4. The van der Waals surface area contributed by atoms with E-state index >= 15 is 0 Å². The van der Waals surface area contributed by atoms with Crippen molar-refractivity contribution < 1.29 is 14.3 Å². The van der Waals surface area contributed by atoms with Gasteiger partial charge in [-0.1, -0.05) is 46.6 Å². The molecule has 0 fully saturated rings. The topological polar surface area (TPSA) is 86.1 Å². The zero-order valence-electron chi connectivity index (χ0n) is 18.1. The average Bonchev–Trinajstić information content (AvgIpc) is 3.16. The van der Waals surface area contributed by atoms with Crippen molar-refractivity contribution in [3.63, 3.8) is 0 Å². The number of rotatable bonds is 8. The summed E-state index contributed by atoms with van der Waals surface area (Å²) in [7, 11) is 0. The maximum Gasteiger partial charge on any atom is 0.338 e. The smallest absolute Gasteiger partial charge is 0.338 e. The Morgan fingerprint density at radius 2 is 1.85 bits per heavy atom. The molecule has 7 nitrogen and oxygen atoms in total. The number of carbonyl (C=O) groups is 2. The molecule has 0 aliphatic heterocycles. The first-order valence-electron chi connectivity index (χ1n) is 10.0. The lowest BCUT2D eigenvalue weighted by Gasteiger charge is -2.11. The second kappa shape index (κ2) is 11.2. The van der Waals surface area contributed by atoms with Crippen molar-refractivity contribution in [3.05, 3.63) is 57.0 Å². The van der Waals surface area contributed by atoms with Crippen molar-refractivity contribution in [1.29, 1.82) is 0 Å². The Balaban J connectivity index is 1.71. The minimum atomic E-state index is -0.490. The van der Waals surface area contributed by atoms with Gasteiger partial charge in [0.2, 0.25) is 5.91 Å². The van der Waals surface area contributed by atoms with Crippen LogP contribution in [-0.4, -0.2) is 38.5 Å². The summed E-state index contributed by atoms with van der Waals surface area (Å²) >= 11 is 19.7. The average molecular weight is 528 g/mol. The predicted molar refractivity (Wildman–Crippen MR) is 133 cm³/mol. The van der Waals surface area contributed by atoms with Gasteiger partial charge in [-0.05, 0) is 57.2 Å². The zero-order valence-corrected chi connectivity index (χ0v) is 21.1. The highest BCUT2D eigenvalue weighted by atomic mass is 35.5. The fourth-order valence-corrected chi connectivity index (χ4v) is 4.36. The maximum absolute atomic E-state index is 12.6. The monoisotopic (exact) mass is 526 g/mol. The lowest BCUT2D eigenvalue weighted by atomic mass is 10.2. The molecule has 1 N–H and O–H groups in total. The number of nitrogens with one attached hydrogen (secondary N) is 1. The number of hydrogen-bond acceptors (Lipinski definition) is 6. The summed E-state index contributed by atoms with van der Waals surface area (Å²) in [5, 5.41) is 13.0. The van der Waals surface area contributed by atoms with Crippen molar-refractivity contribution in [3.8, 4) is 11.4 Å². The minimum Gasteiger partial charge on any atom is -0.459 e. The molecule has 33 heavy (non-hydrogen) atoms. The Hall–Kier alpha value is -2.26. The van der Waals surface area contributed by atoms with Gasteiger partial charge >= 0.3 is 5.97 Å². The molecule has 1 aromatic heterocycles. The third-order valence-electron chi connectivity index (χ3n) is 4.36. The van der Waals surface area contributed by atoms with Crippen LogP contribution in [0.2, 0.25) is 15.1 Å². The Labute approximate surface area is 210 Å². The van der Waals surface area contributed by atoms with E-state index in [-0.39, 0.29) is 17.8 Å². The molecular weight excluding hydrogens is 507 g/mol. The number of hydrogen-bond donors (Lipinski definition) is 1. The van der Waals surface area contributed by atoms with Gasteiger partial charge in [0.25, 0.3) is 0 Å². The molecule has 0 saturated carbocycles. The van der Waals surface area contributed by atoms with Crippen molar-refractivity contribution >= 4 is 64.1 Å². The largest absolute Gasteiger partial charge is 0.459 e. The van der Waals surface area contributed by atoms with E-state index in [0.29, 0.717) is 49.4 Å². The molecule has 3 aromatic rings. The fraction of sp³-hybridized carbons (Fsp3) is 0.273. The highest BCUT2D eigenvalue weighted by Gasteiger charge is 2.18. The van der Waals surface area contributed by atoms with Gasteiger partial charge in [0.15, 0.2) is 11.0 Å². The molecular formula is C22H21Cl3N4O3S. The number of ether oxygens (including phenoxy) is 1. The predicted octanol–water partition coefficient (Wildman–Crippen LogP) is 6.22. The van der Waals surface area contributed by atoms with E-state index in [2.05, 4.69) is 15.5 Å². The van der Waals surface area contributed by atoms with Crippen LogP contribution in [0.15, 0.2) is 41.6 Å². The van der Waals surface area contributed by atoms with Gasteiger partial charge in [-0.25, -0.2) is 4.79 Å². The molecule has 174 valence electrons. The van der Waals surface area contributed by atoms with Crippen molar-refractivity contribution in [2.75, 3.05) is 11.1 Å². The molecule has 1 amide bonds. The first-order valence-corrected chi connectivity index (χ1v) is 12.1. The lowest BCUT2D eigenvalue weighted by molar-refractivity contribution is -0.113. The molecule has 2 aromatic carbocycles. The van der Waals surface area contributed by atoms with E-state index in [9.17, 15) is 9.59 Å². The van der Waals surface area contributed by atoms with E-state index < -0.39 is 5.97 Å². The Bertz CT molecular complexity index is 1180. The molecule has 0 radical (unpaired) electrons. The highest BCUT2D eigenvalue weighted by Crippen LogP contribution is 2.31. The number of halogens is 3. The standard InChI is InChI=1S/C22H21Cl3N4O3S/c1-4-29-20(15-7-6-14(23)10-17(15)25)27-28-22(29)33-11-19(30)26-18-9-13(5-8-16(18)24)21(31)32-12(2)3/h5-10,12H,4,11H2,1-3H3,(H,26,30). The summed E-state index contributed by atoms with van der Waals surface area (Å²) < 4.78 is 7.05. The second-order valence-corrected chi connectivity index (χ2v) is 9.35. The molecule has 1 heterocycles. The van der Waals surface area contributed by atoms with Crippen LogP contribution in [-0.2, 0) is 16.1 Å². The van der Waals surface area contributed by atoms with E-state index in [1.54, 1.807) is 38.1 Å². The van der Waals surface area contributed by atoms with Gasteiger partial charge in [-0.2, -0.15) is 0 Å². The Kier molecular flexibility index (Phi) is 8.64. The van der Waals surface area contributed by atoms with Gasteiger partial charge in [-0.3, -0.25) is 4.79 Å². The van der Waals surface area contributed by atoms with Crippen LogP contribution in [0.1, 0.15) is 31.1 Å². The quantitative estimate of drug-likeness (QED) is 0.276. The number of aromatic nitrogens is 3. The Morgan fingerprint density at radius 1 is 1.09 bits per heavy atom. The van der Waals surface area contributed by atoms with Crippen LogP contribution in [0.3, 0.4) is 0 Å². The molecule has 0 spiro atoms. The van der Waals surface area contributed by atoms with Gasteiger partial charge in [0.05, 0.1) is 33.2 Å². The third-order valence-corrected chi connectivity index (χ3v) is 6.20. The van der Waals surface area contributed by atoms with Crippen molar-refractivity contribution in [1.82, 2.24) is 14.8 Å². The maximum atomic E-state index is 12.6. The molecule has 11 heteroatoms. The molecule has 0 aliphatic carbocycles. The first-order chi connectivity index (χ1) is 15.7. The number of amides is 1. The normalized spacial score (nSPS) is 11.0. The Morgan fingerprint density at radius 3 is 2.52 bits per heavy atom. The van der Waals surface area contributed by atoms with Gasteiger partial charge < -0.3 is 14.6 Å². The summed E-state index contributed by atoms with van der Waals surface area (Å²) in [6.45, 7) is 6.05. The minimum absolute atomic E-state index is 0.0590. The molecule has 0 bridgehead atoms. The van der Waals surface area contributed by atoms with Crippen LogP contribution in [0.4, 0.5) is 5.69 Å². The third kappa shape index (κ3) is 6.41. The van der Waals surface area contributed by atoms with Gasteiger partial charge in [0.1, 0.15) is 0 Å². The summed E-state index contributed by atoms with van der Waals surface area (Å²) in [6, 6.07) is 9.72. The molecule has 0 unspecified atom stereocenters. The van der Waals surface area contributed by atoms with Crippen molar-refractivity contribution in [2.45, 2.75) is 38.6 Å². The lowest BCUT2D eigenvalue weighted by Crippen LogP contribution is -2.16. The van der Waals surface area contributed by atoms with Crippen LogP contribution < -0.4 is 5.32 Å². The van der Waals surface area contributed by atoms with E-state index in [1.807, 2.05) is 11.5 Å². The zero-order chi connectivity index (χ0) is 24.1. The number of anilines is 1. The van der Waals surface area contributed by atoms with Gasteiger partial charge in [-0.15, -0.1) is 10.2 Å². The van der Waals surface area contributed by atoms with Crippen LogP contribution in [0.25, 0.3) is 11.4 Å². The number of carbonyl (C=O) groups excluding carboxylic acids is 2. The number of thioether (sulfide) groups is 1. The summed E-state index contributed by atoms with van der Waals surface area (Å²) in [4.78, 5) is 24.7.